The molecule has 1 heterocycles. The zero-order valence-corrected chi connectivity index (χ0v) is 14.5. The number of fused-ring (bicyclic) bond motifs is 1. The fraction of sp³-hybridized carbons (Fsp3) is 0.211. The number of imidazole rings is 1. The van der Waals surface area contributed by atoms with Crippen LogP contribution in [0.4, 0.5) is 5.69 Å². The SMILES string of the molecule is Cc1ccccc1CC(=O)O[C@@H](C)C(=O)Nc1ccc2[nH]c(=O)[nH]c2c1. The fourth-order valence-electron chi connectivity index (χ4n) is 2.61. The van der Waals surface area contributed by atoms with Crippen LogP contribution in [-0.2, 0) is 20.7 Å². The first kappa shape index (κ1) is 17.5. The molecule has 1 amide bonds. The molecule has 1 atom stereocenters. The first-order valence-corrected chi connectivity index (χ1v) is 8.19. The van der Waals surface area contributed by atoms with Gasteiger partial charge in [0.15, 0.2) is 6.10 Å². The monoisotopic (exact) mass is 353 g/mol. The van der Waals surface area contributed by atoms with Gasteiger partial charge in [0.05, 0.1) is 17.5 Å². The van der Waals surface area contributed by atoms with Crippen molar-refractivity contribution >= 4 is 28.6 Å². The predicted molar refractivity (Wildman–Crippen MR) is 98.0 cm³/mol. The molecule has 0 aliphatic carbocycles. The summed E-state index contributed by atoms with van der Waals surface area (Å²) >= 11 is 0. The fourth-order valence-corrected chi connectivity index (χ4v) is 2.61. The minimum Gasteiger partial charge on any atom is -0.452 e. The molecule has 3 rings (SSSR count). The van der Waals surface area contributed by atoms with Crippen molar-refractivity contribution in [2.45, 2.75) is 26.4 Å². The first-order valence-electron chi connectivity index (χ1n) is 8.19. The van der Waals surface area contributed by atoms with Crippen LogP contribution in [0.25, 0.3) is 11.0 Å². The van der Waals surface area contributed by atoms with E-state index in [1.165, 1.54) is 6.92 Å². The molecule has 3 aromatic rings. The molecular formula is C19H19N3O4. The molecule has 0 radical (unpaired) electrons. The highest BCUT2D eigenvalue weighted by Gasteiger charge is 2.18. The number of aryl methyl sites for hydroxylation is 1. The van der Waals surface area contributed by atoms with E-state index in [1.54, 1.807) is 18.2 Å². The van der Waals surface area contributed by atoms with Gasteiger partial charge in [0.2, 0.25) is 0 Å². The molecule has 2 aromatic carbocycles. The van der Waals surface area contributed by atoms with Gasteiger partial charge in [0.1, 0.15) is 0 Å². The van der Waals surface area contributed by atoms with E-state index in [4.69, 9.17) is 4.74 Å². The van der Waals surface area contributed by atoms with Gasteiger partial charge in [-0.1, -0.05) is 24.3 Å². The number of hydrogen-bond donors (Lipinski definition) is 3. The second-order valence-electron chi connectivity index (χ2n) is 6.06. The number of benzene rings is 2. The number of ether oxygens (including phenoxy) is 1. The van der Waals surface area contributed by atoms with Crippen molar-refractivity contribution in [3.63, 3.8) is 0 Å². The van der Waals surface area contributed by atoms with E-state index in [2.05, 4.69) is 15.3 Å². The summed E-state index contributed by atoms with van der Waals surface area (Å²) in [6.07, 6.45) is -0.826. The standard InChI is InChI=1S/C19H19N3O4/c1-11-5-3-4-6-13(11)9-17(23)26-12(2)18(24)20-14-7-8-15-16(10-14)22-19(25)21-15/h3-8,10,12H,9H2,1-2H3,(H,20,24)(H2,21,22,25)/t12-/m0/s1. The Morgan fingerprint density at radius 2 is 1.85 bits per heavy atom. The molecule has 0 unspecified atom stereocenters. The van der Waals surface area contributed by atoms with Crippen LogP contribution in [0.1, 0.15) is 18.1 Å². The first-order chi connectivity index (χ1) is 12.4. The molecule has 0 spiro atoms. The summed E-state index contributed by atoms with van der Waals surface area (Å²) in [6, 6.07) is 12.5. The summed E-state index contributed by atoms with van der Waals surface area (Å²) in [7, 11) is 0. The smallest absolute Gasteiger partial charge is 0.323 e. The van der Waals surface area contributed by atoms with Crippen LogP contribution in [0.2, 0.25) is 0 Å². The molecule has 7 nitrogen and oxygen atoms in total. The molecule has 0 saturated carbocycles. The summed E-state index contributed by atoms with van der Waals surface area (Å²) in [5.41, 5.74) is 3.27. The number of aromatic nitrogens is 2. The lowest BCUT2D eigenvalue weighted by Gasteiger charge is -2.14. The summed E-state index contributed by atoms with van der Waals surface area (Å²) < 4.78 is 5.22. The molecule has 3 N–H and O–H groups in total. The van der Waals surface area contributed by atoms with Crippen LogP contribution in [0.15, 0.2) is 47.3 Å². The molecule has 1 aromatic heterocycles. The van der Waals surface area contributed by atoms with E-state index < -0.39 is 18.0 Å². The number of H-pyrrole nitrogens is 2. The predicted octanol–water partition coefficient (Wildman–Crippen LogP) is 2.28. The van der Waals surface area contributed by atoms with E-state index in [0.717, 1.165) is 11.1 Å². The van der Waals surface area contributed by atoms with Crippen LogP contribution >= 0.6 is 0 Å². The van der Waals surface area contributed by atoms with Crippen molar-refractivity contribution in [3.05, 3.63) is 64.1 Å². The number of anilines is 1. The van der Waals surface area contributed by atoms with Crippen molar-refractivity contribution in [1.82, 2.24) is 9.97 Å². The molecule has 0 bridgehead atoms. The van der Waals surface area contributed by atoms with Crippen molar-refractivity contribution < 1.29 is 14.3 Å². The maximum absolute atomic E-state index is 12.2. The second kappa shape index (κ2) is 7.26. The summed E-state index contributed by atoms with van der Waals surface area (Å²) in [4.78, 5) is 40.8. The van der Waals surface area contributed by atoms with Gasteiger partial charge in [0.25, 0.3) is 5.91 Å². The average molecular weight is 353 g/mol. The zero-order valence-electron chi connectivity index (χ0n) is 14.5. The molecule has 0 saturated heterocycles. The van der Waals surface area contributed by atoms with Crippen LogP contribution in [0, 0.1) is 6.92 Å². The molecule has 0 aliphatic rings. The van der Waals surface area contributed by atoms with Gasteiger partial charge in [-0.25, -0.2) is 4.79 Å². The maximum Gasteiger partial charge on any atom is 0.323 e. The maximum atomic E-state index is 12.2. The highest BCUT2D eigenvalue weighted by atomic mass is 16.5. The minimum atomic E-state index is -0.938. The third-order valence-electron chi connectivity index (χ3n) is 4.06. The Morgan fingerprint density at radius 3 is 2.62 bits per heavy atom. The molecule has 0 aliphatic heterocycles. The topological polar surface area (TPSA) is 104 Å². The number of carbonyl (C=O) groups is 2. The largest absolute Gasteiger partial charge is 0.452 e. The molecule has 0 fully saturated rings. The van der Waals surface area contributed by atoms with Crippen molar-refractivity contribution in [2.24, 2.45) is 0 Å². The van der Waals surface area contributed by atoms with E-state index in [0.29, 0.717) is 16.7 Å². The van der Waals surface area contributed by atoms with Crippen LogP contribution in [0.3, 0.4) is 0 Å². The Bertz CT molecular complexity index is 1020. The molecule has 26 heavy (non-hydrogen) atoms. The number of hydrogen-bond acceptors (Lipinski definition) is 4. The summed E-state index contributed by atoms with van der Waals surface area (Å²) in [5, 5.41) is 2.67. The number of amides is 1. The van der Waals surface area contributed by atoms with E-state index in [1.807, 2.05) is 31.2 Å². The minimum absolute atomic E-state index is 0.112. The van der Waals surface area contributed by atoms with Gasteiger partial charge in [0, 0.05) is 5.69 Å². The lowest BCUT2D eigenvalue weighted by molar-refractivity contribution is -0.152. The number of aromatic amines is 2. The van der Waals surface area contributed by atoms with Gasteiger partial charge >= 0.3 is 11.7 Å². The van der Waals surface area contributed by atoms with Gasteiger partial charge in [-0.15, -0.1) is 0 Å². The number of esters is 1. The molecule has 134 valence electrons. The van der Waals surface area contributed by atoms with Gasteiger partial charge < -0.3 is 20.0 Å². The van der Waals surface area contributed by atoms with Gasteiger partial charge in [-0.3, -0.25) is 9.59 Å². The lowest BCUT2D eigenvalue weighted by atomic mass is 10.1. The normalized spacial score (nSPS) is 11.9. The van der Waals surface area contributed by atoms with E-state index in [-0.39, 0.29) is 12.1 Å². The second-order valence-corrected chi connectivity index (χ2v) is 6.06. The highest BCUT2D eigenvalue weighted by molar-refractivity contribution is 5.96. The Labute approximate surface area is 149 Å². The van der Waals surface area contributed by atoms with E-state index in [9.17, 15) is 14.4 Å². The van der Waals surface area contributed by atoms with Crippen molar-refractivity contribution in [1.29, 1.82) is 0 Å². The van der Waals surface area contributed by atoms with Crippen LogP contribution < -0.4 is 11.0 Å². The van der Waals surface area contributed by atoms with Crippen LogP contribution in [0.5, 0.6) is 0 Å². The highest BCUT2D eigenvalue weighted by Crippen LogP contribution is 2.15. The molecule has 7 heteroatoms. The number of carbonyl (C=O) groups excluding carboxylic acids is 2. The lowest BCUT2D eigenvalue weighted by Crippen LogP contribution is -2.30. The Balaban J connectivity index is 1.60. The Kier molecular flexibility index (Phi) is 4.88. The molecular weight excluding hydrogens is 334 g/mol. The number of nitrogens with one attached hydrogen (secondary N) is 3. The Morgan fingerprint density at radius 1 is 1.12 bits per heavy atom. The quantitative estimate of drug-likeness (QED) is 0.612. The Hall–Kier alpha value is -3.35. The van der Waals surface area contributed by atoms with Gasteiger partial charge in [-0.2, -0.15) is 0 Å². The third kappa shape index (κ3) is 4.00. The van der Waals surface area contributed by atoms with Crippen molar-refractivity contribution in [2.75, 3.05) is 5.32 Å². The van der Waals surface area contributed by atoms with Crippen LogP contribution in [-0.4, -0.2) is 27.9 Å². The summed E-state index contributed by atoms with van der Waals surface area (Å²) in [6.45, 7) is 3.43. The van der Waals surface area contributed by atoms with Gasteiger partial charge in [-0.05, 0) is 43.2 Å². The average Bonchev–Trinajstić information content (AvgIpc) is 2.96. The number of rotatable bonds is 5. The van der Waals surface area contributed by atoms with Crippen molar-refractivity contribution in [3.8, 4) is 0 Å². The van der Waals surface area contributed by atoms with E-state index >= 15 is 0 Å². The third-order valence-corrected chi connectivity index (χ3v) is 4.06. The zero-order chi connectivity index (χ0) is 18.7. The summed E-state index contributed by atoms with van der Waals surface area (Å²) in [5.74, 6) is -0.910.